The summed E-state index contributed by atoms with van der Waals surface area (Å²) in [7, 11) is -2.09. The van der Waals surface area contributed by atoms with E-state index in [4.69, 9.17) is 4.74 Å². The number of nitrogens with zero attached hydrogens (tertiary/aromatic N) is 4. The Morgan fingerprint density at radius 1 is 1.19 bits per heavy atom. The lowest BCUT2D eigenvalue weighted by atomic mass is 9.97. The van der Waals surface area contributed by atoms with Gasteiger partial charge in [0.25, 0.3) is 0 Å². The molecule has 0 atom stereocenters. The van der Waals surface area contributed by atoms with Crippen LogP contribution >= 0.6 is 0 Å². The molecule has 2 heterocycles. The number of anilines is 1. The minimum atomic E-state index is -3.67. The van der Waals surface area contributed by atoms with Gasteiger partial charge < -0.3 is 10.1 Å². The molecule has 1 aliphatic heterocycles. The lowest BCUT2D eigenvalue weighted by molar-refractivity contribution is -0.120. The maximum Gasteiger partial charge on any atom is 0.243 e. The topological polar surface area (TPSA) is 106 Å². The fourth-order valence-electron chi connectivity index (χ4n) is 3.94. The number of piperidine rings is 1. The van der Waals surface area contributed by atoms with Gasteiger partial charge in [-0.1, -0.05) is 18.2 Å². The summed E-state index contributed by atoms with van der Waals surface area (Å²) in [6.07, 6.45) is 1.84. The van der Waals surface area contributed by atoms with Crippen molar-refractivity contribution < 1.29 is 17.9 Å². The van der Waals surface area contributed by atoms with Crippen LogP contribution in [0.25, 0.3) is 11.0 Å². The Balaban J connectivity index is 1.41. The molecule has 0 unspecified atom stereocenters. The van der Waals surface area contributed by atoms with Crippen molar-refractivity contribution in [2.45, 2.75) is 37.6 Å². The van der Waals surface area contributed by atoms with Crippen molar-refractivity contribution >= 4 is 32.7 Å². The molecule has 1 saturated heterocycles. The Kier molecular flexibility index (Phi) is 6.43. The molecule has 0 aliphatic carbocycles. The van der Waals surface area contributed by atoms with Gasteiger partial charge in [-0.15, -0.1) is 5.10 Å². The molecule has 1 fully saturated rings. The minimum Gasteiger partial charge on any atom is -0.497 e. The summed E-state index contributed by atoms with van der Waals surface area (Å²) in [6, 6.07) is 12.1. The van der Waals surface area contributed by atoms with Crippen LogP contribution in [-0.4, -0.2) is 53.8 Å². The van der Waals surface area contributed by atoms with Crippen LogP contribution < -0.4 is 10.1 Å². The third-order valence-corrected chi connectivity index (χ3v) is 7.62. The van der Waals surface area contributed by atoms with Gasteiger partial charge in [0.1, 0.15) is 11.3 Å². The number of benzene rings is 2. The Morgan fingerprint density at radius 3 is 2.69 bits per heavy atom. The van der Waals surface area contributed by atoms with E-state index in [1.54, 1.807) is 54.3 Å². The number of methoxy groups -OCH3 is 1. The normalized spacial score (nSPS) is 15.7. The number of hydrogen-bond acceptors (Lipinski definition) is 6. The number of carbonyl (C=O) groups is 1. The highest BCUT2D eigenvalue weighted by Gasteiger charge is 2.32. The number of nitrogens with one attached hydrogen (secondary N) is 1. The summed E-state index contributed by atoms with van der Waals surface area (Å²) in [5.74, 6) is 0.309. The first-order valence-corrected chi connectivity index (χ1v) is 12.1. The zero-order chi connectivity index (χ0) is 22.7. The predicted molar refractivity (Wildman–Crippen MR) is 121 cm³/mol. The van der Waals surface area contributed by atoms with Gasteiger partial charge in [0.2, 0.25) is 15.9 Å². The van der Waals surface area contributed by atoms with Gasteiger partial charge in [0.05, 0.1) is 17.5 Å². The van der Waals surface area contributed by atoms with Crippen molar-refractivity contribution in [3.8, 4) is 5.75 Å². The maximum absolute atomic E-state index is 13.2. The number of hydrogen-bond donors (Lipinski definition) is 1. The molecule has 0 saturated carbocycles. The highest BCUT2D eigenvalue weighted by atomic mass is 32.2. The van der Waals surface area contributed by atoms with E-state index in [9.17, 15) is 13.2 Å². The second-order valence-corrected chi connectivity index (χ2v) is 9.80. The van der Waals surface area contributed by atoms with Crippen molar-refractivity contribution in [3.63, 3.8) is 0 Å². The SMILES string of the molecule is CCCn1nnc2cc(S(=O)(=O)N3CCC(C(=O)Nc4cccc(OC)c4)CC3)ccc21. The van der Waals surface area contributed by atoms with E-state index in [0.717, 1.165) is 18.5 Å². The van der Waals surface area contributed by atoms with Crippen LogP contribution in [0.1, 0.15) is 26.2 Å². The van der Waals surface area contributed by atoms with Crippen LogP contribution in [0.3, 0.4) is 0 Å². The lowest BCUT2D eigenvalue weighted by Crippen LogP contribution is -2.41. The van der Waals surface area contributed by atoms with Crippen LogP contribution in [-0.2, 0) is 21.4 Å². The average molecular weight is 458 g/mol. The Morgan fingerprint density at radius 2 is 1.97 bits per heavy atom. The highest BCUT2D eigenvalue weighted by Crippen LogP contribution is 2.27. The van der Waals surface area contributed by atoms with E-state index in [0.29, 0.717) is 42.9 Å². The van der Waals surface area contributed by atoms with E-state index in [1.165, 1.54) is 4.31 Å². The number of rotatable bonds is 7. The number of aryl methyl sites for hydroxylation is 1. The molecule has 0 bridgehead atoms. The number of amides is 1. The third-order valence-electron chi connectivity index (χ3n) is 5.72. The molecule has 0 spiro atoms. The predicted octanol–water partition coefficient (Wildman–Crippen LogP) is 2.89. The van der Waals surface area contributed by atoms with E-state index in [2.05, 4.69) is 15.6 Å². The standard InChI is InChI=1S/C22H27N5O4S/c1-3-11-27-21-8-7-19(15-20(21)24-25-27)32(29,30)26-12-9-16(10-13-26)22(28)23-17-5-4-6-18(14-17)31-2/h4-8,14-16H,3,9-13H2,1-2H3,(H,23,28). The molecule has 2 aromatic carbocycles. The van der Waals surface area contributed by atoms with E-state index in [-0.39, 0.29) is 16.7 Å². The van der Waals surface area contributed by atoms with Crippen LogP contribution in [0.4, 0.5) is 5.69 Å². The molecular weight excluding hydrogens is 430 g/mol. The van der Waals surface area contributed by atoms with Crippen LogP contribution in [0.2, 0.25) is 0 Å². The molecule has 1 N–H and O–H groups in total. The van der Waals surface area contributed by atoms with Crippen molar-refractivity contribution in [1.82, 2.24) is 19.3 Å². The third kappa shape index (κ3) is 4.46. The summed E-state index contributed by atoms with van der Waals surface area (Å²) < 4.78 is 34.7. The zero-order valence-electron chi connectivity index (χ0n) is 18.2. The van der Waals surface area contributed by atoms with Gasteiger partial charge >= 0.3 is 0 Å². The van der Waals surface area contributed by atoms with Gasteiger partial charge in [-0.25, -0.2) is 13.1 Å². The largest absolute Gasteiger partial charge is 0.497 e. The average Bonchev–Trinajstić information content (AvgIpc) is 3.21. The molecule has 4 rings (SSSR count). The van der Waals surface area contributed by atoms with Gasteiger partial charge in [0, 0.05) is 37.3 Å². The highest BCUT2D eigenvalue weighted by molar-refractivity contribution is 7.89. The molecule has 9 nitrogen and oxygen atoms in total. The molecule has 10 heteroatoms. The van der Waals surface area contributed by atoms with Crippen molar-refractivity contribution in [1.29, 1.82) is 0 Å². The smallest absolute Gasteiger partial charge is 0.243 e. The molecule has 1 aliphatic rings. The summed E-state index contributed by atoms with van der Waals surface area (Å²) in [5.41, 5.74) is 2.04. The number of sulfonamides is 1. The molecule has 1 amide bonds. The number of carbonyl (C=O) groups excluding carboxylic acids is 1. The molecule has 170 valence electrons. The first-order valence-electron chi connectivity index (χ1n) is 10.7. The number of aromatic nitrogens is 3. The van der Waals surface area contributed by atoms with E-state index in [1.807, 2.05) is 6.92 Å². The monoisotopic (exact) mass is 457 g/mol. The summed E-state index contributed by atoms with van der Waals surface area (Å²) in [5, 5.41) is 11.1. The fraction of sp³-hybridized carbons (Fsp3) is 0.409. The molecule has 0 radical (unpaired) electrons. The fourth-order valence-corrected chi connectivity index (χ4v) is 5.43. The Hall–Kier alpha value is -2.98. The summed E-state index contributed by atoms with van der Waals surface area (Å²) >= 11 is 0. The van der Waals surface area contributed by atoms with Crippen LogP contribution in [0.15, 0.2) is 47.4 Å². The summed E-state index contributed by atoms with van der Waals surface area (Å²) in [6.45, 7) is 3.36. The zero-order valence-corrected chi connectivity index (χ0v) is 19.0. The maximum atomic E-state index is 13.2. The molecule has 1 aromatic heterocycles. The first kappa shape index (κ1) is 22.2. The van der Waals surface area contributed by atoms with Gasteiger partial charge in [-0.2, -0.15) is 4.31 Å². The van der Waals surface area contributed by atoms with E-state index >= 15 is 0 Å². The van der Waals surface area contributed by atoms with Crippen LogP contribution in [0, 0.1) is 5.92 Å². The van der Waals surface area contributed by atoms with Gasteiger partial charge in [-0.05, 0) is 49.6 Å². The second-order valence-electron chi connectivity index (χ2n) is 7.86. The van der Waals surface area contributed by atoms with Gasteiger partial charge in [0.15, 0.2) is 0 Å². The Bertz CT molecular complexity index is 1220. The quantitative estimate of drug-likeness (QED) is 0.585. The second kappa shape index (κ2) is 9.25. The molecule has 32 heavy (non-hydrogen) atoms. The number of fused-ring (bicyclic) bond motifs is 1. The van der Waals surface area contributed by atoms with Crippen LogP contribution in [0.5, 0.6) is 5.75 Å². The van der Waals surface area contributed by atoms with Crippen molar-refractivity contribution in [2.75, 3.05) is 25.5 Å². The number of ether oxygens (including phenoxy) is 1. The molecular formula is C22H27N5O4S. The first-order chi connectivity index (χ1) is 15.4. The molecule has 3 aromatic rings. The van der Waals surface area contributed by atoms with Crippen molar-refractivity contribution in [2.24, 2.45) is 5.92 Å². The summed E-state index contributed by atoms with van der Waals surface area (Å²) in [4.78, 5) is 12.9. The van der Waals surface area contributed by atoms with Crippen molar-refractivity contribution in [3.05, 3.63) is 42.5 Å². The van der Waals surface area contributed by atoms with E-state index < -0.39 is 10.0 Å². The Labute approximate surface area is 187 Å². The van der Waals surface area contributed by atoms with Gasteiger partial charge in [-0.3, -0.25) is 4.79 Å². The lowest BCUT2D eigenvalue weighted by Gasteiger charge is -2.30. The minimum absolute atomic E-state index is 0.107.